The average Bonchev–Trinajstić information content (AvgIpc) is 2.96. The van der Waals surface area contributed by atoms with E-state index in [0.29, 0.717) is 0 Å². The van der Waals surface area contributed by atoms with Crippen molar-refractivity contribution in [2.75, 3.05) is 6.61 Å². The summed E-state index contributed by atoms with van der Waals surface area (Å²) < 4.78 is 5.10. The van der Waals surface area contributed by atoms with Crippen LogP contribution in [0.1, 0.15) is 18.1 Å². The van der Waals surface area contributed by atoms with Crippen molar-refractivity contribution in [1.29, 1.82) is 0 Å². The van der Waals surface area contributed by atoms with Crippen molar-refractivity contribution in [2.45, 2.75) is 32.1 Å². The topological polar surface area (TPSA) is 87.1 Å². The quantitative estimate of drug-likeness (QED) is 0.744. The number of benzene rings is 2. The Morgan fingerprint density at radius 1 is 0.893 bits per heavy atom. The molecule has 0 bridgehead atoms. The van der Waals surface area contributed by atoms with Gasteiger partial charge in [0.2, 0.25) is 0 Å². The van der Waals surface area contributed by atoms with Crippen LogP contribution in [0.3, 0.4) is 0 Å². The lowest BCUT2D eigenvalue weighted by atomic mass is 10.1. The summed E-state index contributed by atoms with van der Waals surface area (Å²) in [7, 11) is 0. The summed E-state index contributed by atoms with van der Waals surface area (Å²) >= 11 is 0. The molecule has 0 saturated carbocycles. The fourth-order valence-electron chi connectivity index (χ4n) is 3.39. The highest BCUT2D eigenvalue weighted by Crippen LogP contribution is 2.28. The number of esters is 1. The van der Waals surface area contributed by atoms with Crippen LogP contribution in [-0.4, -0.2) is 51.6 Å². The van der Waals surface area contributed by atoms with Gasteiger partial charge in [-0.05, 0) is 18.1 Å². The highest BCUT2D eigenvalue weighted by Gasteiger charge is 2.53. The van der Waals surface area contributed by atoms with Crippen molar-refractivity contribution < 1.29 is 24.2 Å². The number of hydrogen-bond acceptors (Lipinski definition) is 4. The number of carbonyl (C=O) groups is 3. The molecular formula is C21H22N2O5. The summed E-state index contributed by atoms with van der Waals surface area (Å²) in [5, 5.41) is 9.82. The van der Waals surface area contributed by atoms with Crippen LogP contribution in [0.4, 0.5) is 4.79 Å². The SMILES string of the molecule is CCOC(=O)C1C(C(=O)O)N(Cc2ccccc2)C(=O)N1Cc1ccccc1. The maximum Gasteiger partial charge on any atom is 0.331 e. The summed E-state index contributed by atoms with van der Waals surface area (Å²) in [5.74, 6) is -1.95. The standard InChI is InChI=1S/C21H22N2O5/c1-2-28-20(26)18-17(19(24)25)22(13-15-9-5-3-6-10-15)21(27)23(18)14-16-11-7-4-8-12-16/h3-12,17-18H,2,13-14H2,1H3,(H,24,25). The zero-order valence-corrected chi connectivity index (χ0v) is 15.5. The molecule has 1 fully saturated rings. The first-order chi connectivity index (χ1) is 13.5. The second kappa shape index (κ2) is 8.56. The van der Waals surface area contributed by atoms with Crippen LogP contribution in [0.15, 0.2) is 60.7 Å². The Kier molecular flexibility index (Phi) is 5.93. The number of aliphatic carboxylic acids is 1. The molecule has 7 nitrogen and oxygen atoms in total. The fraction of sp³-hybridized carbons (Fsp3) is 0.286. The van der Waals surface area contributed by atoms with Gasteiger partial charge in [-0.2, -0.15) is 0 Å². The van der Waals surface area contributed by atoms with E-state index in [2.05, 4.69) is 0 Å². The summed E-state index contributed by atoms with van der Waals surface area (Å²) in [6, 6.07) is 15.2. The zero-order chi connectivity index (χ0) is 20.1. The Morgan fingerprint density at radius 2 is 1.36 bits per heavy atom. The molecule has 3 rings (SSSR count). The van der Waals surface area contributed by atoms with Gasteiger partial charge in [0.1, 0.15) is 0 Å². The van der Waals surface area contributed by atoms with Crippen molar-refractivity contribution in [2.24, 2.45) is 0 Å². The number of carboxylic acid groups (broad SMARTS) is 1. The molecule has 2 unspecified atom stereocenters. The molecule has 2 amide bonds. The smallest absolute Gasteiger partial charge is 0.331 e. The third-order valence-corrected chi connectivity index (χ3v) is 4.63. The molecule has 1 aliphatic rings. The van der Waals surface area contributed by atoms with Gasteiger partial charge in [-0.1, -0.05) is 60.7 Å². The van der Waals surface area contributed by atoms with Gasteiger partial charge in [0.25, 0.3) is 0 Å². The minimum atomic E-state index is -1.32. The molecule has 1 N–H and O–H groups in total. The maximum atomic E-state index is 13.1. The Balaban J connectivity index is 1.96. The predicted molar refractivity (Wildman–Crippen MR) is 101 cm³/mol. The normalized spacial score (nSPS) is 19.0. The van der Waals surface area contributed by atoms with E-state index in [0.717, 1.165) is 11.1 Å². The van der Waals surface area contributed by atoms with Gasteiger partial charge in [-0.25, -0.2) is 14.4 Å². The lowest BCUT2D eigenvalue weighted by molar-refractivity contribution is -0.155. The Hall–Kier alpha value is -3.35. The van der Waals surface area contributed by atoms with Crippen molar-refractivity contribution in [3.63, 3.8) is 0 Å². The second-order valence-electron chi connectivity index (χ2n) is 6.49. The van der Waals surface area contributed by atoms with E-state index in [4.69, 9.17) is 4.74 Å². The number of hydrogen-bond donors (Lipinski definition) is 1. The first kappa shape index (κ1) is 19.4. The van der Waals surface area contributed by atoms with E-state index in [1.165, 1.54) is 9.80 Å². The van der Waals surface area contributed by atoms with Gasteiger partial charge in [-0.15, -0.1) is 0 Å². The Morgan fingerprint density at radius 3 is 1.79 bits per heavy atom. The third-order valence-electron chi connectivity index (χ3n) is 4.63. The Labute approximate surface area is 163 Å². The third kappa shape index (κ3) is 3.98. The number of rotatable bonds is 7. The lowest BCUT2D eigenvalue weighted by Crippen LogP contribution is -2.48. The molecule has 0 aliphatic carbocycles. The van der Waals surface area contributed by atoms with Crippen molar-refractivity contribution in [3.05, 3.63) is 71.8 Å². The molecule has 1 heterocycles. The van der Waals surface area contributed by atoms with Gasteiger partial charge < -0.3 is 19.6 Å². The summed E-state index contributed by atoms with van der Waals surface area (Å²) in [6.07, 6.45) is 0. The first-order valence-corrected chi connectivity index (χ1v) is 9.07. The molecule has 7 heteroatoms. The van der Waals surface area contributed by atoms with E-state index in [1.807, 2.05) is 60.7 Å². The van der Waals surface area contributed by atoms with Gasteiger partial charge in [-0.3, -0.25) is 0 Å². The first-order valence-electron chi connectivity index (χ1n) is 9.07. The van der Waals surface area contributed by atoms with Crippen LogP contribution in [0.2, 0.25) is 0 Å². The highest BCUT2D eigenvalue weighted by molar-refractivity contribution is 5.96. The largest absolute Gasteiger partial charge is 0.480 e. The molecule has 28 heavy (non-hydrogen) atoms. The van der Waals surface area contributed by atoms with Crippen molar-refractivity contribution >= 4 is 18.0 Å². The predicted octanol–water partition coefficient (Wildman–Crippen LogP) is 2.51. The molecule has 146 valence electrons. The summed E-state index contributed by atoms with van der Waals surface area (Å²) in [4.78, 5) is 40.3. The molecule has 2 aromatic rings. The molecule has 1 saturated heterocycles. The highest BCUT2D eigenvalue weighted by atomic mass is 16.5. The van der Waals surface area contributed by atoms with Crippen LogP contribution in [-0.2, 0) is 27.4 Å². The van der Waals surface area contributed by atoms with Crippen molar-refractivity contribution in [3.8, 4) is 0 Å². The lowest BCUT2D eigenvalue weighted by Gasteiger charge is -2.23. The molecule has 2 atom stereocenters. The fourth-order valence-corrected chi connectivity index (χ4v) is 3.39. The van der Waals surface area contributed by atoms with Gasteiger partial charge >= 0.3 is 18.0 Å². The van der Waals surface area contributed by atoms with Crippen LogP contribution in [0.25, 0.3) is 0 Å². The molecule has 1 aliphatic heterocycles. The van der Waals surface area contributed by atoms with Crippen LogP contribution in [0.5, 0.6) is 0 Å². The van der Waals surface area contributed by atoms with E-state index in [-0.39, 0.29) is 19.7 Å². The number of carboxylic acids is 1. The summed E-state index contributed by atoms with van der Waals surface area (Å²) in [5.41, 5.74) is 1.59. The van der Waals surface area contributed by atoms with Crippen LogP contribution in [0, 0.1) is 0 Å². The van der Waals surface area contributed by atoms with E-state index < -0.39 is 30.1 Å². The van der Waals surface area contributed by atoms with Gasteiger partial charge in [0.05, 0.1) is 6.61 Å². The number of amides is 2. The second-order valence-corrected chi connectivity index (χ2v) is 6.49. The molecule has 0 spiro atoms. The van der Waals surface area contributed by atoms with E-state index >= 15 is 0 Å². The summed E-state index contributed by atoms with van der Waals surface area (Å²) in [6.45, 7) is 1.97. The average molecular weight is 382 g/mol. The van der Waals surface area contributed by atoms with E-state index in [1.54, 1.807) is 6.92 Å². The molecule has 0 radical (unpaired) electrons. The molecular weight excluding hydrogens is 360 g/mol. The minimum absolute atomic E-state index is 0.0951. The zero-order valence-electron chi connectivity index (χ0n) is 15.5. The van der Waals surface area contributed by atoms with E-state index in [9.17, 15) is 19.5 Å². The van der Waals surface area contributed by atoms with Gasteiger partial charge in [0.15, 0.2) is 12.1 Å². The minimum Gasteiger partial charge on any atom is -0.480 e. The Bertz CT molecular complexity index is 840. The number of urea groups is 1. The van der Waals surface area contributed by atoms with Crippen LogP contribution >= 0.6 is 0 Å². The molecule has 0 aromatic heterocycles. The number of carbonyl (C=O) groups excluding carboxylic acids is 2. The van der Waals surface area contributed by atoms with Crippen LogP contribution < -0.4 is 0 Å². The number of nitrogens with zero attached hydrogens (tertiary/aromatic N) is 2. The van der Waals surface area contributed by atoms with Gasteiger partial charge in [0, 0.05) is 13.1 Å². The maximum absolute atomic E-state index is 13.1. The monoisotopic (exact) mass is 382 g/mol. The van der Waals surface area contributed by atoms with Crippen molar-refractivity contribution in [1.82, 2.24) is 9.80 Å². The molecule has 2 aromatic carbocycles. The number of ether oxygens (including phenoxy) is 1.